The fourth-order valence-corrected chi connectivity index (χ4v) is 2.60. The molecule has 0 saturated carbocycles. The molecule has 2 heterocycles. The zero-order chi connectivity index (χ0) is 13.7. The van der Waals surface area contributed by atoms with Gasteiger partial charge in [-0.3, -0.25) is 9.97 Å². The average Bonchev–Trinajstić information content (AvgIpc) is 2.63. The summed E-state index contributed by atoms with van der Waals surface area (Å²) in [6, 6.07) is 1.29. The molecule has 0 amide bonds. The molecular weight excluding hydrogens is 236 g/mol. The van der Waals surface area contributed by atoms with Crippen molar-refractivity contribution in [1.29, 1.82) is 0 Å². The average molecular weight is 262 g/mol. The van der Waals surface area contributed by atoms with Crippen LogP contribution in [0.1, 0.15) is 44.5 Å². The van der Waals surface area contributed by atoms with Gasteiger partial charge in [-0.05, 0) is 53.1 Å². The Bertz CT molecular complexity index is 374. The first-order valence-electron chi connectivity index (χ1n) is 7.40. The maximum Gasteiger partial charge on any atom is 0.0724 e. The summed E-state index contributed by atoms with van der Waals surface area (Å²) in [5.41, 5.74) is 2.02. The van der Waals surface area contributed by atoms with Crippen molar-refractivity contribution in [2.75, 3.05) is 13.1 Å². The first-order valence-corrected chi connectivity index (χ1v) is 7.40. The molecule has 1 unspecified atom stereocenters. The van der Waals surface area contributed by atoms with E-state index >= 15 is 0 Å². The maximum atomic E-state index is 4.39. The van der Waals surface area contributed by atoms with Crippen molar-refractivity contribution in [2.24, 2.45) is 0 Å². The van der Waals surface area contributed by atoms with Gasteiger partial charge in [-0.15, -0.1) is 0 Å². The molecule has 1 saturated heterocycles. The summed E-state index contributed by atoms with van der Waals surface area (Å²) < 4.78 is 0. The standard InChI is InChI=1S/C15H26N4/c1-12(2)19-7-4-5-14(6-8-19)18-11-15-10-16-13(3)9-17-15/h9-10,12,14,18H,4-8,11H2,1-3H3. The van der Waals surface area contributed by atoms with Gasteiger partial charge in [0.1, 0.15) is 0 Å². The summed E-state index contributed by atoms with van der Waals surface area (Å²) in [4.78, 5) is 11.3. The largest absolute Gasteiger partial charge is 0.308 e. The highest BCUT2D eigenvalue weighted by Crippen LogP contribution is 2.13. The van der Waals surface area contributed by atoms with Gasteiger partial charge in [0.15, 0.2) is 0 Å². The minimum atomic E-state index is 0.617. The third-order valence-corrected chi connectivity index (χ3v) is 3.90. The number of likely N-dealkylation sites (tertiary alicyclic amines) is 1. The number of nitrogens with one attached hydrogen (secondary N) is 1. The van der Waals surface area contributed by atoms with Crippen LogP contribution in [0.2, 0.25) is 0 Å². The Hall–Kier alpha value is -1.00. The number of nitrogens with zero attached hydrogens (tertiary/aromatic N) is 3. The van der Waals surface area contributed by atoms with E-state index in [-0.39, 0.29) is 0 Å². The Morgan fingerprint density at radius 1 is 1.26 bits per heavy atom. The van der Waals surface area contributed by atoms with Crippen LogP contribution in [0.25, 0.3) is 0 Å². The predicted octanol–water partition coefficient (Wildman–Crippen LogP) is 2.14. The zero-order valence-corrected chi connectivity index (χ0v) is 12.4. The lowest BCUT2D eigenvalue weighted by Gasteiger charge is -2.24. The molecule has 106 valence electrons. The van der Waals surface area contributed by atoms with Gasteiger partial charge in [-0.25, -0.2) is 0 Å². The van der Waals surface area contributed by atoms with Gasteiger partial charge in [-0.1, -0.05) is 0 Å². The molecule has 0 radical (unpaired) electrons. The molecular formula is C15H26N4. The van der Waals surface area contributed by atoms with Crippen LogP contribution >= 0.6 is 0 Å². The molecule has 1 N–H and O–H groups in total. The number of aromatic nitrogens is 2. The highest BCUT2D eigenvalue weighted by atomic mass is 15.1. The lowest BCUT2D eigenvalue weighted by atomic mass is 10.1. The van der Waals surface area contributed by atoms with Crippen LogP contribution in [-0.4, -0.2) is 40.0 Å². The topological polar surface area (TPSA) is 41.1 Å². The van der Waals surface area contributed by atoms with Crippen LogP contribution in [0.4, 0.5) is 0 Å². The molecule has 4 nitrogen and oxygen atoms in total. The number of aryl methyl sites for hydroxylation is 1. The second-order valence-corrected chi connectivity index (χ2v) is 5.79. The molecule has 1 aliphatic rings. The van der Waals surface area contributed by atoms with Crippen molar-refractivity contribution in [1.82, 2.24) is 20.2 Å². The number of rotatable bonds is 4. The quantitative estimate of drug-likeness (QED) is 0.902. The lowest BCUT2D eigenvalue weighted by Crippen LogP contribution is -2.34. The van der Waals surface area contributed by atoms with Crippen LogP contribution in [0, 0.1) is 6.92 Å². The van der Waals surface area contributed by atoms with Gasteiger partial charge in [0, 0.05) is 31.0 Å². The van der Waals surface area contributed by atoms with E-state index in [1.54, 1.807) is 0 Å². The van der Waals surface area contributed by atoms with Gasteiger partial charge >= 0.3 is 0 Å². The molecule has 1 atom stereocenters. The highest BCUT2D eigenvalue weighted by Gasteiger charge is 2.18. The summed E-state index contributed by atoms with van der Waals surface area (Å²) in [6.45, 7) is 9.82. The van der Waals surface area contributed by atoms with Gasteiger partial charge in [0.25, 0.3) is 0 Å². The Balaban J connectivity index is 1.78. The first-order chi connectivity index (χ1) is 9.15. The molecule has 1 fully saturated rings. The molecule has 1 aliphatic heterocycles. The normalized spacial score (nSPS) is 21.6. The molecule has 1 aromatic heterocycles. The van der Waals surface area contributed by atoms with Crippen molar-refractivity contribution < 1.29 is 0 Å². The Morgan fingerprint density at radius 3 is 2.79 bits per heavy atom. The maximum absolute atomic E-state index is 4.39. The minimum Gasteiger partial charge on any atom is -0.308 e. The number of hydrogen-bond donors (Lipinski definition) is 1. The summed E-state index contributed by atoms with van der Waals surface area (Å²) in [7, 11) is 0. The second-order valence-electron chi connectivity index (χ2n) is 5.79. The van der Waals surface area contributed by atoms with Gasteiger partial charge < -0.3 is 10.2 Å². The van der Waals surface area contributed by atoms with Crippen LogP contribution in [-0.2, 0) is 6.54 Å². The first kappa shape index (κ1) is 14.4. The second kappa shape index (κ2) is 6.96. The summed E-state index contributed by atoms with van der Waals surface area (Å²) in [5.74, 6) is 0. The molecule has 0 bridgehead atoms. The molecule has 0 spiro atoms. The monoisotopic (exact) mass is 262 g/mol. The number of hydrogen-bond acceptors (Lipinski definition) is 4. The molecule has 0 aromatic carbocycles. The van der Waals surface area contributed by atoms with E-state index in [9.17, 15) is 0 Å². The van der Waals surface area contributed by atoms with E-state index in [0.717, 1.165) is 17.9 Å². The third-order valence-electron chi connectivity index (χ3n) is 3.90. The van der Waals surface area contributed by atoms with Crippen molar-refractivity contribution >= 4 is 0 Å². The van der Waals surface area contributed by atoms with E-state index in [2.05, 4.69) is 34.0 Å². The van der Waals surface area contributed by atoms with Crippen LogP contribution < -0.4 is 5.32 Å². The highest BCUT2D eigenvalue weighted by molar-refractivity contribution is 5.00. The predicted molar refractivity (Wildman–Crippen MR) is 78.0 cm³/mol. The van der Waals surface area contributed by atoms with Crippen LogP contribution in [0.3, 0.4) is 0 Å². The van der Waals surface area contributed by atoms with E-state index < -0.39 is 0 Å². The van der Waals surface area contributed by atoms with Gasteiger partial charge in [-0.2, -0.15) is 0 Å². The fraction of sp³-hybridized carbons (Fsp3) is 0.733. The Morgan fingerprint density at radius 2 is 2.11 bits per heavy atom. The van der Waals surface area contributed by atoms with Crippen LogP contribution in [0.15, 0.2) is 12.4 Å². The fourth-order valence-electron chi connectivity index (χ4n) is 2.60. The van der Waals surface area contributed by atoms with Crippen LogP contribution in [0.5, 0.6) is 0 Å². The Labute approximate surface area is 116 Å². The third kappa shape index (κ3) is 4.55. The SMILES string of the molecule is Cc1cnc(CNC2CCCN(C(C)C)CC2)cn1. The van der Waals surface area contributed by atoms with Crippen molar-refractivity contribution in [3.05, 3.63) is 23.8 Å². The molecule has 2 rings (SSSR count). The molecule has 4 heteroatoms. The minimum absolute atomic E-state index is 0.617. The molecule has 1 aromatic rings. The summed E-state index contributed by atoms with van der Waals surface area (Å²) >= 11 is 0. The molecule has 0 aliphatic carbocycles. The lowest BCUT2D eigenvalue weighted by molar-refractivity contribution is 0.229. The van der Waals surface area contributed by atoms with Crippen molar-refractivity contribution in [2.45, 2.75) is 58.7 Å². The van der Waals surface area contributed by atoms with E-state index in [4.69, 9.17) is 0 Å². The summed E-state index contributed by atoms with van der Waals surface area (Å²) in [5, 5.41) is 3.63. The molecule has 19 heavy (non-hydrogen) atoms. The van der Waals surface area contributed by atoms with E-state index in [1.807, 2.05) is 19.3 Å². The van der Waals surface area contributed by atoms with E-state index in [1.165, 1.54) is 32.4 Å². The van der Waals surface area contributed by atoms with Crippen molar-refractivity contribution in [3.63, 3.8) is 0 Å². The Kier molecular flexibility index (Phi) is 5.28. The zero-order valence-electron chi connectivity index (χ0n) is 12.4. The smallest absolute Gasteiger partial charge is 0.0724 e. The van der Waals surface area contributed by atoms with Crippen molar-refractivity contribution in [3.8, 4) is 0 Å². The summed E-state index contributed by atoms with van der Waals surface area (Å²) in [6.07, 6.45) is 7.50. The van der Waals surface area contributed by atoms with Gasteiger partial charge in [0.05, 0.1) is 11.4 Å². The van der Waals surface area contributed by atoms with E-state index in [0.29, 0.717) is 12.1 Å². The van der Waals surface area contributed by atoms with Gasteiger partial charge in [0.2, 0.25) is 0 Å².